The second-order valence-corrected chi connectivity index (χ2v) is 4.62. The summed E-state index contributed by atoms with van der Waals surface area (Å²) in [7, 11) is 1.91. The fraction of sp³-hybridized carbons (Fsp3) is 0.214. The van der Waals surface area contributed by atoms with Crippen molar-refractivity contribution in [2.75, 3.05) is 13.2 Å². The molecule has 0 aliphatic carbocycles. The number of nitrogens with zero attached hydrogens (tertiary/aromatic N) is 4. The molecule has 6 nitrogen and oxygen atoms in total. The van der Waals surface area contributed by atoms with Crippen molar-refractivity contribution >= 4 is 11.2 Å². The van der Waals surface area contributed by atoms with Crippen LogP contribution in [0.1, 0.15) is 0 Å². The lowest BCUT2D eigenvalue weighted by Crippen LogP contribution is -2.15. The lowest BCUT2D eigenvalue weighted by molar-refractivity contribution is 0.171. The van der Waals surface area contributed by atoms with Gasteiger partial charge >= 0.3 is 0 Å². The van der Waals surface area contributed by atoms with Crippen molar-refractivity contribution in [1.82, 2.24) is 19.5 Å². The molecule has 1 aliphatic heterocycles. The van der Waals surface area contributed by atoms with Crippen molar-refractivity contribution in [2.24, 2.45) is 7.05 Å². The van der Waals surface area contributed by atoms with Gasteiger partial charge in [0.1, 0.15) is 18.7 Å². The molecular formula is C14H12N4O2. The first-order valence-corrected chi connectivity index (χ1v) is 6.35. The number of benzene rings is 1. The second-order valence-electron chi connectivity index (χ2n) is 4.62. The molecule has 0 saturated heterocycles. The van der Waals surface area contributed by atoms with E-state index in [9.17, 15) is 0 Å². The number of imidazole rings is 1. The molecule has 0 saturated carbocycles. The fourth-order valence-electron chi connectivity index (χ4n) is 2.24. The lowest BCUT2D eigenvalue weighted by atomic mass is 10.2. The van der Waals surface area contributed by atoms with Crippen LogP contribution in [0.3, 0.4) is 0 Å². The summed E-state index contributed by atoms with van der Waals surface area (Å²) in [5, 5.41) is 0. The second kappa shape index (κ2) is 4.19. The summed E-state index contributed by atoms with van der Waals surface area (Å²) in [6.07, 6.45) is 3.46. The molecule has 2 aromatic heterocycles. The molecule has 6 heteroatoms. The summed E-state index contributed by atoms with van der Waals surface area (Å²) < 4.78 is 13.0. The van der Waals surface area contributed by atoms with E-state index in [1.807, 2.05) is 29.8 Å². The minimum Gasteiger partial charge on any atom is -0.486 e. The van der Waals surface area contributed by atoms with Gasteiger partial charge in [-0.1, -0.05) is 0 Å². The molecule has 1 aliphatic rings. The molecule has 0 fully saturated rings. The molecule has 20 heavy (non-hydrogen) atoms. The van der Waals surface area contributed by atoms with Gasteiger partial charge in [0, 0.05) is 12.6 Å². The summed E-state index contributed by atoms with van der Waals surface area (Å²) >= 11 is 0. The standard InChI is InChI=1S/C14H12N4O2/c1-18-8-16-10-7-15-13(17-14(10)18)9-2-3-11-12(6-9)20-5-4-19-11/h2-3,6-8H,4-5H2,1H3. The number of hydrogen-bond acceptors (Lipinski definition) is 5. The Morgan fingerprint density at radius 2 is 1.95 bits per heavy atom. The third-order valence-electron chi connectivity index (χ3n) is 3.25. The van der Waals surface area contributed by atoms with Gasteiger partial charge in [0.05, 0.1) is 12.5 Å². The van der Waals surface area contributed by atoms with Gasteiger partial charge in [-0.15, -0.1) is 0 Å². The molecule has 0 bridgehead atoms. The van der Waals surface area contributed by atoms with Crippen LogP contribution in [-0.4, -0.2) is 32.7 Å². The van der Waals surface area contributed by atoms with Crippen LogP contribution in [0.4, 0.5) is 0 Å². The highest BCUT2D eigenvalue weighted by Gasteiger charge is 2.14. The molecule has 0 N–H and O–H groups in total. The lowest BCUT2D eigenvalue weighted by Gasteiger charge is -2.18. The minimum atomic E-state index is 0.568. The molecular weight excluding hydrogens is 256 g/mol. The summed E-state index contributed by atoms with van der Waals surface area (Å²) in [5.74, 6) is 2.15. The van der Waals surface area contributed by atoms with E-state index in [-0.39, 0.29) is 0 Å². The third-order valence-corrected chi connectivity index (χ3v) is 3.25. The van der Waals surface area contributed by atoms with E-state index < -0.39 is 0 Å². The number of fused-ring (bicyclic) bond motifs is 2. The Morgan fingerprint density at radius 1 is 1.10 bits per heavy atom. The Kier molecular flexibility index (Phi) is 2.35. The summed E-state index contributed by atoms with van der Waals surface area (Å²) in [4.78, 5) is 13.1. The maximum Gasteiger partial charge on any atom is 0.163 e. The third kappa shape index (κ3) is 1.69. The zero-order valence-corrected chi connectivity index (χ0v) is 10.9. The average molecular weight is 268 g/mol. The van der Waals surface area contributed by atoms with Gasteiger partial charge in [0.25, 0.3) is 0 Å². The number of ether oxygens (including phenoxy) is 2. The zero-order chi connectivity index (χ0) is 13.5. The normalized spacial score (nSPS) is 13.7. The SMILES string of the molecule is Cn1cnc2cnc(-c3ccc4c(c3)OCCO4)nc21. The predicted octanol–water partition coefficient (Wildman–Crippen LogP) is 1.80. The van der Waals surface area contributed by atoms with Crippen LogP contribution in [-0.2, 0) is 7.05 Å². The Bertz CT molecular complexity index is 797. The molecule has 0 spiro atoms. The van der Waals surface area contributed by atoms with Gasteiger partial charge < -0.3 is 14.0 Å². The first kappa shape index (κ1) is 11.2. The van der Waals surface area contributed by atoms with E-state index in [2.05, 4.69) is 15.0 Å². The number of rotatable bonds is 1. The molecule has 3 aromatic rings. The number of hydrogen-bond donors (Lipinski definition) is 0. The molecule has 1 aromatic carbocycles. The Labute approximate surface area is 115 Å². The van der Waals surface area contributed by atoms with E-state index in [0.29, 0.717) is 19.0 Å². The van der Waals surface area contributed by atoms with E-state index in [1.165, 1.54) is 0 Å². The van der Waals surface area contributed by atoms with Crippen LogP contribution in [0, 0.1) is 0 Å². The van der Waals surface area contributed by atoms with E-state index >= 15 is 0 Å². The number of aromatic nitrogens is 4. The predicted molar refractivity (Wildman–Crippen MR) is 72.7 cm³/mol. The average Bonchev–Trinajstić information content (AvgIpc) is 2.88. The molecule has 0 unspecified atom stereocenters. The quantitative estimate of drug-likeness (QED) is 0.673. The molecule has 3 heterocycles. The molecule has 4 rings (SSSR count). The van der Waals surface area contributed by atoms with Crippen molar-refractivity contribution in [3.63, 3.8) is 0 Å². The first-order valence-electron chi connectivity index (χ1n) is 6.35. The smallest absolute Gasteiger partial charge is 0.163 e. The van der Waals surface area contributed by atoms with Gasteiger partial charge in [-0.25, -0.2) is 15.0 Å². The van der Waals surface area contributed by atoms with E-state index in [4.69, 9.17) is 9.47 Å². The Hall–Kier alpha value is -2.63. The molecule has 0 amide bonds. The Morgan fingerprint density at radius 3 is 2.85 bits per heavy atom. The molecule has 0 radical (unpaired) electrons. The van der Waals surface area contributed by atoms with Gasteiger partial charge in [0.15, 0.2) is 23.0 Å². The summed E-state index contributed by atoms with van der Waals surface area (Å²) in [6, 6.07) is 5.73. The van der Waals surface area contributed by atoms with Crippen LogP contribution in [0.5, 0.6) is 11.5 Å². The topological polar surface area (TPSA) is 62.1 Å². The van der Waals surface area contributed by atoms with Crippen molar-refractivity contribution in [3.05, 3.63) is 30.7 Å². The highest BCUT2D eigenvalue weighted by molar-refractivity contribution is 5.73. The van der Waals surface area contributed by atoms with E-state index in [0.717, 1.165) is 28.2 Å². The Balaban J connectivity index is 1.83. The summed E-state index contributed by atoms with van der Waals surface area (Å²) in [5.41, 5.74) is 2.50. The van der Waals surface area contributed by atoms with Crippen molar-refractivity contribution < 1.29 is 9.47 Å². The van der Waals surface area contributed by atoms with Gasteiger partial charge in [-0.3, -0.25) is 0 Å². The van der Waals surface area contributed by atoms with Crippen LogP contribution in [0.15, 0.2) is 30.7 Å². The van der Waals surface area contributed by atoms with Gasteiger partial charge in [-0.2, -0.15) is 0 Å². The maximum atomic E-state index is 5.58. The van der Waals surface area contributed by atoms with Crippen LogP contribution in [0.2, 0.25) is 0 Å². The first-order chi connectivity index (χ1) is 9.81. The van der Waals surface area contributed by atoms with E-state index in [1.54, 1.807) is 12.5 Å². The minimum absolute atomic E-state index is 0.568. The zero-order valence-electron chi connectivity index (χ0n) is 10.9. The highest BCUT2D eigenvalue weighted by atomic mass is 16.6. The van der Waals surface area contributed by atoms with Gasteiger partial charge in [0.2, 0.25) is 0 Å². The van der Waals surface area contributed by atoms with Gasteiger partial charge in [-0.05, 0) is 18.2 Å². The summed E-state index contributed by atoms with van der Waals surface area (Å²) in [6.45, 7) is 1.15. The molecule has 100 valence electrons. The number of aryl methyl sites for hydroxylation is 1. The van der Waals surface area contributed by atoms with Crippen LogP contribution >= 0.6 is 0 Å². The van der Waals surface area contributed by atoms with Crippen molar-refractivity contribution in [3.8, 4) is 22.9 Å². The van der Waals surface area contributed by atoms with Crippen LogP contribution < -0.4 is 9.47 Å². The van der Waals surface area contributed by atoms with Crippen molar-refractivity contribution in [1.29, 1.82) is 0 Å². The monoisotopic (exact) mass is 268 g/mol. The molecule has 0 atom stereocenters. The maximum absolute atomic E-state index is 5.58. The highest BCUT2D eigenvalue weighted by Crippen LogP contribution is 2.33. The largest absolute Gasteiger partial charge is 0.486 e. The van der Waals surface area contributed by atoms with Crippen molar-refractivity contribution in [2.45, 2.75) is 0 Å². The van der Waals surface area contributed by atoms with Crippen LogP contribution in [0.25, 0.3) is 22.6 Å². The fourth-order valence-corrected chi connectivity index (χ4v) is 2.24.